The van der Waals surface area contributed by atoms with E-state index in [1.807, 2.05) is 13.0 Å². The highest BCUT2D eigenvalue weighted by Gasteiger charge is 2.23. The molecule has 2 N–H and O–H groups in total. The van der Waals surface area contributed by atoms with Gasteiger partial charge < -0.3 is 15.2 Å². The largest absolute Gasteiger partial charge is 0.482 e. The monoisotopic (exact) mass is 402 g/mol. The number of amides is 1. The van der Waals surface area contributed by atoms with E-state index < -0.39 is 12.6 Å². The molecule has 0 saturated carbocycles. The van der Waals surface area contributed by atoms with Crippen LogP contribution in [0.25, 0.3) is 6.08 Å². The van der Waals surface area contributed by atoms with Gasteiger partial charge in [0.15, 0.2) is 11.8 Å². The zero-order chi connectivity index (χ0) is 19.4. The summed E-state index contributed by atoms with van der Waals surface area (Å²) >= 11 is 7.24. The quantitative estimate of drug-likeness (QED) is 0.738. The Balaban J connectivity index is 1.77. The molecule has 0 radical (unpaired) electrons. The number of aliphatic imine (C=N–C) groups is 1. The number of ether oxygens (including phenoxy) is 1. The van der Waals surface area contributed by atoms with E-state index in [-0.39, 0.29) is 5.91 Å². The van der Waals surface area contributed by atoms with Crippen LogP contribution in [-0.4, -0.2) is 28.8 Å². The summed E-state index contributed by atoms with van der Waals surface area (Å²) in [6.07, 6.45) is 1.70. The molecular weight excluding hydrogens is 388 g/mol. The third kappa shape index (κ3) is 5.12. The second-order valence-corrected chi connectivity index (χ2v) is 7.11. The number of halogens is 1. The van der Waals surface area contributed by atoms with Crippen LogP contribution in [0.15, 0.2) is 52.4 Å². The SMILES string of the molecule is Cc1cc(N=C2NC(=O)/C(=C\c3cccc(OCC(=O)O)c3)S2)ccc1Cl. The third-order valence-electron chi connectivity index (χ3n) is 3.54. The molecule has 1 amide bonds. The van der Waals surface area contributed by atoms with Gasteiger partial charge in [0.1, 0.15) is 5.75 Å². The van der Waals surface area contributed by atoms with E-state index in [0.717, 1.165) is 11.1 Å². The zero-order valence-electron chi connectivity index (χ0n) is 14.2. The Morgan fingerprint density at radius 3 is 2.89 bits per heavy atom. The Kier molecular flexibility index (Phi) is 5.83. The number of nitrogens with zero attached hydrogens (tertiary/aromatic N) is 1. The minimum atomic E-state index is -1.05. The number of carbonyl (C=O) groups excluding carboxylic acids is 1. The lowest BCUT2D eigenvalue weighted by Gasteiger charge is -2.03. The van der Waals surface area contributed by atoms with Gasteiger partial charge in [-0.25, -0.2) is 9.79 Å². The lowest BCUT2D eigenvalue weighted by molar-refractivity contribution is -0.139. The summed E-state index contributed by atoms with van der Waals surface area (Å²) in [6.45, 7) is 1.46. The fraction of sp³-hybridized carbons (Fsp3) is 0.105. The second-order valence-electron chi connectivity index (χ2n) is 5.67. The standard InChI is InChI=1S/C19H15ClN2O4S/c1-11-7-13(5-6-15(11)20)21-19-22-18(25)16(27-19)9-12-3-2-4-14(8-12)26-10-17(23)24/h2-9H,10H2,1H3,(H,23,24)(H,21,22,25)/b16-9+. The van der Waals surface area contributed by atoms with Crippen molar-refractivity contribution in [3.05, 3.63) is 63.5 Å². The first-order valence-electron chi connectivity index (χ1n) is 7.91. The van der Waals surface area contributed by atoms with E-state index in [1.54, 1.807) is 42.5 Å². The van der Waals surface area contributed by atoms with Crippen molar-refractivity contribution in [1.29, 1.82) is 0 Å². The van der Waals surface area contributed by atoms with E-state index in [2.05, 4.69) is 10.3 Å². The van der Waals surface area contributed by atoms with Gasteiger partial charge >= 0.3 is 5.97 Å². The van der Waals surface area contributed by atoms with E-state index >= 15 is 0 Å². The maximum Gasteiger partial charge on any atom is 0.341 e. The molecule has 1 aliphatic rings. The maximum absolute atomic E-state index is 12.2. The molecule has 1 aliphatic heterocycles. The van der Waals surface area contributed by atoms with Crippen molar-refractivity contribution >= 4 is 52.2 Å². The number of rotatable bonds is 5. The average Bonchev–Trinajstić information content (AvgIpc) is 2.96. The van der Waals surface area contributed by atoms with Crippen molar-refractivity contribution in [3.63, 3.8) is 0 Å². The zero-order valence-corrected chi connectivity index (χ0v) is 15.8. The highest BCUT2D eigenvalue weighted by Crippen LogP contribution is 2.29. The van der Waals surface area contributed by atoms with Gasteiger partial charge in [0.05, 0.1) is 10.6 Å². The number of hydrogen-bond acceptors (Lipinski definition) is 5. The Morgan fingerprint density at radius 1 is 1.33 bits per heavy atom. The van der Waals surface area contributed by atoms with E-state index in [0.29, 0.717) is 26.5 Å². The van der Waals surface area contributed by atoms with Gasteiger partial charge in [-0.2, -0.15) is 0 Å². The van der Waals surface area contributed by atoms with Gasteiger partial charge in [-0.3, -0.25) is 4.79 Å². The number of carboxylic acids is 1. The van der Waals surface area contributed by atoms with Crippen LogP contribution in [0.3, 0.4) is 0 Å². The van der Waals surface area contributed by atoms with E-state index in [9.17, 15) is 9.59 Å². The number of carbonyl (C=O) groups is 2. The minimum absolute atomic E-state index is 0.249. The maximum atomic E-state index is 12.2. The number of benzene rings is 2. The molecule has 0 spiro atoms. The van der Waals surface area contributed by atoms with Crippen molar-refractivity contribution in [2.45, 2.75) is 6.92 Å². The Morgan fingerprint density at radius 2 is 2.15 bits per heavy atom. The summed E-state index contributed by atoms with van der Waals surface area (Å²) in [6, 6.07) is 12.2. The summed E-state index contributed by atoms with van der Waals surface area (Å²) in [5.41, 5.74) is 2.32. The predicted molar refractivity (Wildman–Crippen MR) is 107 cm³/mol. The fourth-order valence-corrected chi connectivity index (χ4v) is 3.25. The smallest absolute Gasteiger partial charge is 0.341 e. The first-order valence-corrected chi connectivity index (χ1v) is 9.10. The molecule has 2 aromatic rings. The summed E-state index contributed by atoms with van der Waals surface area (Å²) in [5, 5.41) is 12.5. The Bertz CT molecular complexity index is 972. The molecular formula is C19H15ClN2O4S. The first kappa shape index (κ1) is 19.0. The summed E-state index contributed by atoms with van der Waals surface area (Å²) in [7, 11) is 0. The molecule has 8 heteroatoms. The Labute approximate surface area is 164 Å². The fourth-order valence-electron chi connectivity index (χ4n) is 2.29. The predicted octanol–water partition coefficient (Wildman–Crippen LogP) is 4.00. The number of nitrogens with one attached hydrogen (secondary N) is 1. The van der Waals surface area contributed by atoms with Crippen LogP contribution in [0.5, 0.6) is 5.75 Å². The van der Waals surface area contributed by atoms with Gasteiger partial charge in [0.2, 0.25) is 0 Å². The van der Waals surface area contributed by atoms with Crippen LogP contribution < -0.4 is 10.1 Å². The molecule has 1 fully saturated rings. The summed E-state index contributed by atoms with van der Waals surface area (Å²) in [5.74, 6) is -0.884. The molecule has 0 unspecified atom stereocenters. The van der Waals surface area contributed by atoms with Crippen LogP contribution in [0.2, 0.25) is 5.02 Å². The minimum Gasteiger partial charge on any atom is -0.482 e. The normalized spacial score (nSPS) is 16.6. The van der Waals surface area contributed by atoms with Crippen LogP contribution in [0, 0.1) is 6.92 Å². The van der Waals surface area contributed by atoms with Crippen molar-refractivity contribution in [3.8, 4) is 5.75 Å². The number of thioether (sulfide) groups is 1. The van der Waals surface area contributed by atoms with Gasteiger partial charge in [-0.15, -0.1) is 0 Å². The van der Waals surface area contributed by atoms with Crippen molar-refractivity contribution in [2.75, 3.05) is 6.61 Å². The highest BCUT2D eigenvalue weighted by atomic mass is 35.5. The van der Waals surface area contributed by atoms with Crippen LogP contribution in [-0.2, 0) is 9.59 Å². The number of amidine groups is 1. The lowest BCUT2D eigenvalue weighted by atomic mass is 10.2. The summed E-state index contributed by atoms with van der Waals surface area (Å²) < 4.78 is 5.15. The van der Waals surface area contributed by atoms with Gasteiger partial charge in [0.25, 0.3) is 5.91 Å². The molecule has 1 saturated heterocycles. The topological polar surface area (TPSA) is 88.0 Å². The van der Waals surface area contributed by atoms with Crippen LogP contribution in [0.1, 0.15) is 11.1 Å². The molecule has 0 bridgehead atoms. The van der Waals surface area contributed by atoms with Crippen molar-refractivity contribution < 1.29 is 19.4 Å². The van der Waals surface area contributed by atoms with E-state index in [4.69, 9.17) is 21.4 Å². The van der Waals surface area contributed by atoms with Crippen LogP contribution in [0.4, 0.5) is 5.69 Å². The first-order chi connectivity index (χ1) is 12.9. The average molecular weight is 403 g/mol. The van der Waals surface area contributed by atoms with E-state index in [1.165, 1.54) is 11.8 Å². The molecule has 1 heterocycles. The molecule has 138 valence electrons. The molecule has 6 nitrogen and oxygen atoms in total. The molecule has 0 aliphatic carbocycles. The molecule has 3 rings (SSSR count). The molecule has 0 atom stereocenters. The molecule has 2 aromatic carbocycles. The van der Waals surface area contributed by atoms with Crippen molar-refractivity contribution in [2.24, 2.45) is 4.99 Å². The second kappa shape index (κ2) is 8.28. The number of hydrogen-bond donors (Lipinski definition) is 2. The number of aryl methyl sites for hydroxylation is 1. The lowest BCUT2D eigenvalue weighted by Crippen LogP contribution is -2.19. The number of aliphatic carboxylic acids is 1. The van der Waals surface area contributed by atoms with Crippen molar-refractivity contribution in [1.82, 2.24) is 5.32 Å². The number of carboxylic acid groups (broad SMARTS) is 1. The van der Waals surface area contributed by atoms with Crippen LogP contribution >= 0.6 is 23.4 Å². The van der Waals surface area contributed by atoms with Gasteiger partial charge in [-0.1, -0.05) is 23.7 Å². The van der Waals surface area contributed by atoms with Gasteiger partial charge in [-0.05, 0) is 66.2 Å². The van der Waals surface area contributed by atoms with Gasteiger partial charge in [0, 0.05) is 5.02 Å². The highest BCUT2D eigenvalue weighted by molar-refractivity contribution is 8.18. The molecule has 0 aromatic heterocycles. The Hall–Kier alpha value is -2.77. The summed E-state index contributed by atoms with van der Waals surface area (Å²) in [4.78, 5) is 27.7. The molecule has 27 heavy (non-hydrogen) atoms. The third-order valence-corrected chi connectivity index (χ3v) is 4.88.